The molecule has 6 nitrogen and oxygen atoms in total. The molecule has 0 spiro atoms. The number of ether oxygens (including phenoxy) is 1. The quantitative estimate of drug-likeness (QED) is 0.574. The van der Waals surface area contributed by atoms with Crippen LogP contribution < -0.4 is 5.32 Å². The van der Waals surface area contributed by atoms with Crippen LogP contribution in [-0.4, -0.2) is 65.6 Å². The van der Waals surface area contributed by atoms with Gasteiger partial charge in [-0.3, -0.25) is 9.69 Å². The van der Waals surface area contributed by atoms with Crippen molar-refractivity contribution in [3.63, 3.8) is 0 Å². The first-order chi connectivity index (χ1) is 14.7. The Kier molecular flexibility index (Phi) is 9.06. The van der Waals surface area contributed by atoms with E-state index in [1.807, 2.05) is 42.3 Å². The average Bonchev–Trinajstić information content (AvgIpc) is 3.07. The summed E-state index contributed by atoms with van der Waals surface area (Å²) in [5.41, 5.74) is 0.274. The molecule has 1 saturated heterocycles. The number of rotatable bonds is 7. The third-order valence-corrected chi connectivity index (χ3v) is 5.36. The Morgan fingerprint density at radius 2 is 1.72 bits per heavy atom. The van der Waals surface area contributed by atoms with Gasteiger partial charge in [0.15, 0.2) is 0 Å². The molecule has 10 heteroatoms. The highest BCUT2D eigenvalue weighted by Crippen LogP contribution is 2.29. The standard InChI is InChI=1S/C22H25F3N2O4.ClH/c1-27(12-14-5-3-2-4-6-14)19-17(31-18(13-28)20(19)29)11-26-21(30)15-7-9-16(10-8-15)22(23,24)25;/h2-10,17-20,28-29H,11-13H2,1H3,(H,26,30);1H/t17-,18+,19+,20-;/m1./s1. The molecule has 2 aromatic carbocycles. The van der Waals surface area contributed by atoms with E-state index in [-0.39, 0.29) is 31.1 Å². The number of hydrogen-bond acceptors (Lipinski definition) is 5. The fourth-order valence-electron chi connectivity index (χ4n) is 3.77. The third kappa shape index (κ3) is 6.20. The highest BCUT2D eigenvalue weighted by Gasteiger charge is 2.45. The van der Waals surface area contributed by atoms with Crippen LogP contribution in [0.1, 0.15) is 21.5 Å². The van der Waals surface area contributed by atoms with E-state index in [0.717, 1.165) is 29.8 Å². The molecule has 0 aromatic heterocycles. The molecule has 0 bridgehead atoms. The van der Waals surface area contributed by atoms with E-state index in [1.54, 1.807) is 0 Å². The van der Waals surface area contributed by atoms with Crippen molar-refractivity contribution in [3.8, 4) is 0 Å². The van der Waals surface area contributed by atoms with Crippen molar-refractivity contribution >= 4 is 18.3 Å². The summed E-state index contributed by atoms with van der Waals surface area (Å²) in [7, 11) is 1.81. The molecule has 1 amide bonds. The van der Waals surface area contributed by atoms with Gasteiger partial charge in [0.1, 0.15) is 12.2 Å². The second-order valence-corrected chi connectivity index (χ2v) is 7.56. The second-order valence-electron chi connectivity index (χ2n) is 7.56. The normalized spacial score (nSPS) is 23.1. The van der Waals surface area contributed by atoms with Crippen LogP contribution in [0.3, 0.4) is 0 Å². The Labute approximate surface area is 190 Å². The number of nitrogens with zero attached hydrogens (tertiary/aromatic N) is 1. The molecule has 176 valence electrons. The number of hydrogen-bond donors (Lipinski definition) is 3. The van der Waals surface area contributed by atoms with Gasteiger partial charge in [-0.2, -0.15) is 13.2 Å². The molecule has 4 atom stereocenters. The van der Waals surface area contributed by atoms with Crippen LogP contribution in [-0.2, 0) is 17.5 Å². The Hall–Kier alpha value is -2.17. The molecule has 3 rings (SSSR count). The van der Waals surface area contributed by atoms with Gasteiger partial charge in [0, 0.05) is 18.7 Å². The number of benzene rings is 2. The topological polar surface area (TPSA) is 82.0 Å². The van der Waals surface area contributed by atoms with Crippen molar-refractivity contribution in [2.75, 3.05) is 20.2 Å². The molecule has 2 aromatic rings. The highest BCUT2D eigenvalue weighted by atomic mass is 35.5. The van der Waals surface area contributed by atoms with E-state index in [1.165, 1.54) is 0 Å². The number of carbonyl (C=O) groups excluding carboxylic acids is 1. The molecule has 1 aliphatic heterocycles. The number of nitrogens with one attached hydrogen (secondary N) is 1. The fraction of sp³-hybridized carbons (Fsp3) is 0.409. The fourth-order valence-corrected chi connectivity index (χ4v) is 3.77. The lowest BCUT2D eigenvalue weighted by Crippen LogP contribution is -2.49. The first-order valence-corrected chi connectivity index (χ1v) is 9.84. The van der Waals surface area contributed by atoms with E-state index >= 15 is 0 Å². The summed E-state index contributed by atoms with van der Waals surface area (Å²) in [5, 5.41) is 22.8. The molecule has 1 aliphatic rings. The largest absolute Gasteiger partial charge is 0.416 e. The van der Waals surface area contributed by atoms with Gasteiger partial charge in [-0.05, 0) is 36.9 Å². The number of amides is 1. The number of likely N-dealkylation sites (N-methyl/N-ethyl adjacent to an activating group) is 1. The van der Waals surface area contributed by atoms with Gasteiger partial charge in [0.2, 0.25) is 0 Å². The first kappa shape index (κ1) is 26.1. The summed E-state index contributed by atoms with van der Waals surface area (Å²) in [6.07, 6.45) is -6.85. The predicted molar refractivity (Wildman–Crippen MR) is 114 cm³/mol. The smallest absolute Gasteiger partial charge is 0.394 e. The zero-order valence-corrected chi connectivity index (χ0v) is 18.1. The minimum atomic E-state index is -4.47. The van der Waals surface area contributed by atoms with Gasteiger partial charge in [0.25, 0.3) is 5.91 Å². The zero-order valence-electron chi connectivity index (χ0n) is 17.3. The Morgan fingerprint density at radius 3 is 2.28 bits per heavy atom. The third-order valence-electron chi connectivity index (χ3n) is 5.36. The van der Waals surface area contributed by atoms with E-state index < -0.39 is 42.0 Å². The Bertz CT molecular complexity index is 868. The number of carbonyl (C=O) groups is 1. The van der Waals surface area contributed by atoms with Crippen LogP contribution in [0.2, 0.25) is 0 Å². The van der Waals surface area contributed by atoms with Crippen molar-refractivity contribution in [2.24, 2.45) is 0 Å². The summed E-state index contributed by atoms with van der Waals surface area (Å²) >= 11 is 0. The predicted octanol–water partition coefficient (Wildman–Crippen LogP) is 2.48. The van der Waals surface area contributed by atoms with Crippen molar-refractivity contribution < 1.29 is 32.9 Å². The maximum Gasteiger partial charge on any atom is 0.416 e. The molecule has 1 fully saturated rings. The summed E-state index contributed by atoms with van der Waals surface area (Å²) < 4.78 is 43.8. The highest BCUT2D eigenvalue weighted by molar-refractivity contribution is 5.94. The van der Waals surface area contributed by atoms with Crippen LogP contribution >= 0.6 is 12.4 Å². The van der Waals surface area contributed by atoms with Gasteiger partial charge in [-0.25, -0.2) is 0 Å². The van der Waals surface area contributed by atoms with Gasteiger partial charge < -0.3 is 20.3 Å². The lowest BCUT2D eigenvalue weighted by molar-refractivity contribution is -0.137. The van der Waals surface area contributed by atoms with Crippen molar-refractivity contribution in [3.05, 3.63) is 71.3 Å². The lowest BCUT2D eigenvalue weighted by atomic mass is 10.0. The maximum absolute atomic E-state index is 12.7. The molecule has 0 unspecified atom stereocenters. The summed E-state index contributed by atoms with van der Waals surface area (Å²) in [4.78, 5) is 14.3. The van der Waals surface area contributed by atoms with Crippen molar-refractivity contribution in [1.82, 2.24) is 10.2 Å². The van der Waals surface area contributed by atoms with Crippen LogP contribution in [0.25, 0.3) is 0 Å². The Balaban J connectivity index is 0.00000363. The summed E-state index contributed by atoms with van der Waals surface area (Å²) in [5.74, 6) is -0.552. The van der Waals surface area contributed by atoms with Gasteiger partial charge in [-0.15, -0.1) is 12.4 Å². The van der Waals surface area contributed by atoms with Crippen molar-refractivity contribution in [2.45, 2.75) is 37.1 Å². The van der Waals surface area contributed by atoms with E-state index in [0.29, 0.717) is 6.54 Å². The minimum Gasteiger partial charge on any atom is -0.394 e. The van der Waals surface area contributed by atoms with Crippen LogP contribution in [0, 0.1) is 0 Å². The molecular weight excluding hydrogens is 449 g/mol. The molecule has 32 heavy (non-hydrogen) atoms. The number of aliphatic hydroxyl groups excluding tert-OH is 2. The second kappa shape index (κ2) is 11.1. The van der Waals surface area contributed by atoms with Crippen molar-refractivity contribution in [1.29, 1.82) is 0 Å². The van der Waals surface area contributed by atoms with E-state index in [4.69, 9.17) is 4.74 Å². The van der Waals surface area contributed by atoms with E-state index in [9.17, 15) is 28.2 Å². The van der Waals surface area contributed by atoms with Gasteiger partial charge in [0.05, 0.1) is 24.3 Å². The van der Waals surface area contributed by atoms with E-state index in [2.05, 4.69) is 5.32 Å². The zero-order chi connectivity index (χ0) is 22.6. The average molecular weight is 475 g/mol. The van der Waals surface area contributed by atoms with Crippen LogP contribution in [0.4, 0.5) is 13.2 Å². The Morgan fingerprint density at radius 1 is 1.09 bits per heavy atom. The maximum atomic E-state index is 12.7. The van der Waals surface area contributed by atoms with Gasteiger partial charge in [-0.1, -0.05) is 30.3 Å². The molecule has 0 radical (unpaired) electrons. The number of aliphatic hydroxyl groups is 2. The number of halogens is 4. The first-order valence-electron chi connectivity index (χ1n) is 9.84. The molecule has 3 N–H and O–H groups in total. The molecule has 1 heterocycles. The summed E-state index contributed by atoms with van der Waals surface area (Å²) in [6.45, 7) is 0.171. The lowest BCUT2D eigenvalue weighted by Gasteiger charge is -2.30. The summed E-state index contributed by atoms with van der Waals surface area (Å²) in [6, 6.07) is 13.0. The molecule has 0 aliphatic carbocycles. The minimum absolute atomic E-state index is 0. The van der Waals surface area contributed by atoms with Crippen LogP contribution in [0.5, 0.6) is 0 Å². The monoisotopic (exact) mass is 474 g/mol. The number of alkyl halides is 3. The molecule has 0 saturated carbocycles. The van der Waals surface area contributed by atoms with Crippen LogP contribution in [0.15, 0.2) is 54.6 Å². The molecular formula is C22H26ClF3N2O4. The SMILES string of the molecule is CN(Cc1ccccc1)[C@@H]1[C@H](O)[C@H](CO)O[C@@H]1CNC(=O)c1ccc(C(F)(F)F)cc1.Cl. The van der Waals surface area contributed by atoms with Gasteiger partial charge >= 0.3 is 6.18 Å².